The molecule has 4 aromatic heterocycles. The molecular formula is C57H68N8O10. The van der Waals surface area contributed by atoms with E-state index in [0.29, 0.717) is 19.4 Å². The molecule has 5 N–H and O–H groups in total. The van der Waals surface area contributed by atoms with E-state index in [0.717, 1.165) is 95.2 Å². The number of carboxylic acids is 2. The number of fused-ring (bicyclic) bond motifs is 2. The second kappa shape index (κ2) is 25.3. The van der Waals surface area contributed by atoms with E-state index in [1.807, 2.05) is 59.3 Å². The van der Waals surface area contributed by atoms with Crippen molar-refractivity contribution < 1.29 is 49.1 Å². The molecule has 2 aliphatic heterocycles. The highest BCUT2D eigenvalue weighted by Crippen LogP contribution is 2.30. The smallest absolute Gasteiger partial charge is 0.407 e. The van der Waals surface area contributed by atoms with Gasteiger partial charge in [-0.3, -0.25) is 9.59 Å². The lowest BCUT2D eigenvalue weighted by Gasteiger charge is -2.37. The van der Waals surface area contributed by atoms with Gasteiger partial charge >= 0.3 is 18.0 Å². The molecule has 396 valence electrons. The molecule has 2 unspecified atom stereocenters. The lowest BCUT2D eigenvalue weighted by molar-refractivity contribution is -0.165. The van der Waals surface area contributed by atoms with Crippen LogP contribution in [-0.2, 0) is 43.2 Å². The average molecular weight is 1030 g/mol. The normalized spacial score (nSPS) is 14.5. The van der Waals surface area contributed by atoms with Crippen LogP contribution in [0.1, 0.15) is 52.0 Å². The quantitative estimate of drug-likeness (QED) is 0.0922. The number of nitrogens with one attached hydrogen (secondary N) is 1. The van der Waals surface area contributed by atoms with Crippen LogP contribution in [0.3, 0.4) is 0 Å². The van der Waals surface area contributed by atoms with Crippen LogP contribution in [0.4, 0.5) is 4.79 Å². The van der Waals surface area contributed by atoms with Gasteiger partial charge in [0.15, 0.2) is 12.2 Å². The number of aliphatic carboxylic acids is 2. The molecule has 2 aliphatic rings. The highest BCUT2D eigenvalue weighted by atomic mass is 16.6. The molecule has 6 heterocycles. The molecule has 9 rings (SSSR count). The zero-order valence-corrected chi connectivity index (χ0v) is 43.9. The van der Waals surface area contributed by atoms with Gasteiger partial charge in [-0.1, -0.05) is 102 Å². The van der Waals surface area contributed by atoms with Crippen molar-refractivity contribution in [3.8, 4) is 22.5 Å². The number of likely N-dealkylation sites (N-methyl/N-ethyl adjacent to an activating group) is 2. The van der Waals surface area contributed by atoms with Crippen LogP contribution in [0.25, 0.3) is 33.8 Å². The number of aromatic nitrogens is 4. The zero-order valence-electron chi connectivity index (χ0n) is 43.9. The Morgan fingerprint density at radius 1 is 0.627 bits per heavy atom. The first-order chi connectivity index (χ1) is 35.6. The number of nitrogens with zero attached hydrogens (tertiary/aromatic N) is 7. The Morgan fingerprint density at radius 3 is 1.41 bits per heavy atom. The van der Waals surface area contributed by atoms with Crippen LogP contribution < -0.4 is 5.32 Å². The number of amides is 3. The number of carbonyl (C=O) groups excluding carboxylic acids is 3. The van der Waals surface area contributed by atoms with Crippen molar-refractivity contribution in [3.05, 3.63) is 155 Å². The van der Waals surface area contributed by atoms with E-state index in [1.54, 1.807) is 38.0 Å². The number of pyridine rings is 2. The van der Waals surface area contributed by atoms with Gasteiger partial charge in [0.2, 0.25) is 11.8 Å². The number of hydrogen-bond acceptors (Lipinski definition) is 11. The molecule has 7 aromatic rings. The number of ether oxygens (including phenoxy) is 1. The second-order valence-electron chi connectivity index (χ2n) is 19.4. The standard InChI is InChI=1S/2C19H21N3O.C15H20N2O2.C4H6O6/c2*1-13-5-8-15(9-6-13)19-16(11-18(23)21(3)4)22-12-14(2)7-10-17(22)20-19;18-14-16-12-15(19-14)7-10-17(11-8-15)9-6-13-4-2-1-3-5-13;5-1(3(7)8)2(6)4(9)10/h2*5-10,12H,11H2,1-4H3;1-5H,6-12H2,(H,16,18);1-2,5-6H,(H,7,8)(H,9,10). The molecule has 3 amide bonds. The number of likely N-dealkylation sites (tertiary alicyclic amines) is 1. The maximum atomic E-state index is 12.3. The van der Waals surface area contributed by atoms with Gasteiger partial charge in [-0.15, -0.1) is 0 Å². The molecule has 18 heteroatoms. The molecule has 2 fully saturated rings. The Labute approximate surface area is 436 Å². The van der Waals surface area contributed by atoms with Crippen molar-refractivity contribution >= 4 is 41.1 Å². The van der Waals surface area contributed by atoms with Gasteiger partial charge in [0, 0.05) is 84.2 Å². The van der Waals surface area contributed by atoms with Gasteiger partial charge in [0.05, 0.1) is 42.2 Å². The number of carboxylic acid groups (broad SMARTS) is 2. The maximum Gasteiger partial charge on any atom is 0.407 e. The van der Waals surface area contributed by atoms with Crippen LogP contribution in [0.5, 0.6) is 0 Å². The third-order valence-electron chi connectivity index (χ3n) is 13.0. The van der Waals surface area contributed by atoms with Crippen molar-refractivity contribution in [2.75, 3.05) is 54.4 Å². The summed E-state index contributed by atoms with van der Waals surface area (Å²) in [5.74, 6) is -3.40. The van der Waals surface area contributed by atoms with Gasteiger partial charge in [-0.05, 0) is 62.9 Å². The number of hydrogen-bond donors (Lipinski definition) is 5. The van der Waals surface area contributed by atoms with Crippen LogP contribution >= 0.6 is 0 Å². The predicted octanol–water partition coefficient (Wildman–Crippen LogP) is 6.18. The van der Waals surface area contributed by atoms with Gasteiger partial charge < -0.3 is 54.0 Å². The zero-order chi connectivity index (χ0) is 54.6. The molecule has 0 saturated carbocycles. The summed E-state index contributed by atoms with van der Waals surface area (Å²) < 4.78 is 9.49. The highest BCUT2D eigenvalue weighted by Gasteiger charge is 2.42. The van der Waals surface area contributed by atoms with Gasteiger partial charge in [-0.2, -0.15) is 0 Å². The SMILES string of the molecule is Cc1ccc(-c2nc3ccc(C)cn3c2CC(=O)N(C)C)cc1.Cc1ccc(-c2nc3ccc(C)cn3c2CC(=O)N(C)C)cc1.O=C(O)C(O)C(O)C(=O)O.O=C1NCC2(CCN(CCc3ccccc3)CC2)O1. The number of aryl methyl sites for hydroxylation is 4. The number of aliphatic hydroxyl groups is 2. The molecule has 3 aromatic carbocycles. The number of carbonyl (C=O) groups is 5. The minimum Gasteiger partial charge on any atom is -0.479 e. The van der Waals surface area contributed by atoms with Gasteiger partial charge in [-0.25, -0.2) is 24.4 Å². The first kappa shape index (κ1) is 56.4. The average Bonchev–Trinajstić information content (AvgIpc) is 4.06. The summed E-state index contributed by atoms with van der Waals surface area (Å²) in [7, 11) is 7.12. The lowest BCUT2D eigenvalue weighted by Crippen LogP contribution is -2.47. The third-order valence-corrected chi connectivity index (χ3v) is 13.0. The van der Waals surface area contributed by atoms with Crippen LogP contribution in [0.2, 0.25) is 0 Å². The minimum atomic E-state index is -2.27. The van der Waals surface area contributed by atoms with Crippen LogP contribution in [0.15, 0.2) is 116 Å². The molecule has 0 aliphatic carbocycles. The molecule has 18 nitrogen and oxygen atoms in total. The monoisotopic (exact) mass is 1020 g/mol. The van der Waals surface area contributed by atoms with E-state index >= 15 is 0 Å². The fourth-order valence-electron chi connectivity index (χ4n) is 8.39. The number of benzene rings is 3. The van der Waals surface area contributed by atoms with Gasteiger partial charge in [0.1, 0.15) is 16.9 Å². The second-order valence-corrected chi connectivity index (χ2v) is 19.4. The number of rotatable bonds is 12. The number of imidazole rings is 2. The first-order valence-electron chi connectivity index (χ1n) is 24.7. The Bertz CT molecular complexity index is 2920. The van der Waals surface area contributed by atoms with E-state index in [1.165, 1.54) is 16.7 Å². The van der Waals surface area contributed by atoms with Crippen molar-refractivity contribution in [3.63, 3.8) is 0 Å². The lowest BCUT2D eigenvalue weighted by atomic mass is 9.91. The van der Waals surface area contributed by atoms with E-state index in [9.17, 15) is 24.0 Å². The topological polar surface area (TPSA) is 232 Å². The fourth-order valence-corrected chi connectivity index (χ4v) is 8.39. The predicted molar refractivity (Wildman–Crippen MR) is 285 cm³/mol. The van der Waals surface area contributed by atoms with E-state index in [-0.39, 0.29) is 23.5 Å². The number of alkyl carbamates (subject to hydrolysis) is 1. The summed E-state index contributed by atoms with van der Waals surface area (Å²) in [6.45, 7) is 12.0. The summed E-state index contributed by atoms with van der Waals surface area (Å²) in [5.41, 5.74) is 13.3. The summed E-state index contributed by atoms with van der Waals surface area (Å²) in [4.78, 5) is 70.4. The molecule has 2 atom stereocenters. The van der Waals surface area contributed by atoms with Crippen molar-refractivity contribution in [1.82, 2.24) is 38.8 Å². The van der Waals surface area contributed by atoms with E-state index < -0.39 is 24.1 Å². The molecule has 0 bridgehead atoms. The Hall–Kier alpha value is -7.93. The maximum absolute atomic E-state index is 12.3. The Kier molecular flexibility index (Phi) is 19.0. The fraction of sp³-hybridized carbons (Fsp3) is 0.351. The van der Waals surface area contributed by atoms with Crippen molar-refractivity contribution in [2.24, 2.45) is 0 Å². The largest absolute Gasteiger partial charge is 0.479 e. The molecule has 2 saturated heterocycles. The van der Waals surface area contributed by atoms with Crippen molar-refractivity contribution in [1.29, 1.82) is 0 Å². The summed E-state index contributed by atoms with van der Waals surface area (Å²) in [6, 6.07) is 35.2. The molecular weight excluding hydrogens is 957 g/mol. The summed E-state index contributed by atoms with van der Waals surface area (Å²) in [6.07, 6.45) is 2.94. The van der Waals surface area contributed by atoms with Crippen LogP contribution in [-0.4, -0.2) is 156 Å². The Morgan fingerprint density at radius 2 is 1.04 bits per heavy atom. The summed E-state index contributed by atoms with van der Waals surface area (Å²) in [5, 5.41) is 35.3. The molecule has 0 radical (unpaired) electrons. The Balaban J connectivity index is 0.000000169. The number of aliphatic hydroxyl groups excluding tert-OH is 2. The van der Waals surface area contributed by atoms with E-state index in [4.69, 9.17) is 35.1 Å². The minimum absolute atomic E-state index is 0.0710. The number of piperidine rings is 1. The van der Waals surface area contributed by atoms with E-state index in [2.05, 4.69) is 103 Å². The molecule has 75 heavy (non-hydrogen) atoms. The molecule has 1 spiro atoms. The summed E-state index contributed by atoms with van der Waals surface area (Å²) >= 11 is 0. The highest BCUT2D eigenvalue weighted by molar-refractivity contribution is 5.83. The van der Waals surface area contributed by atoms with Gasteiger partial charge in [0.25, 0.3) is 0 Å². The third kappa shape index (κ3) is 15.1. The van der Waals surface area contributed by atoms with Crippen LogP contribution in [0, 0.1) is 27.7 Å². The first-order valence-corrected chi connectivity index (χ1v) is 24.7. The van der Waals surface area contributed by atoms with Crippen molar-refractivity contribution in [2.45, 2.75) is 77.6 Å².